The summed E-state index contributed by atoms with van der Waals surface area (Å²) in [5.41, 5.74) is 6.41. The number of hydrogen-bond acceptors (Lipinski definition) is 2. The van der Waals surface area contributed by atoms with Crippen LogP contribution in [0.4, 0.5) is 14.5 Å². The number of guanidine groups is 1. The van der Waals surface area contributed by atoms with Gasteiger partial charge in [0.15, 0.2) is 5.96 Å². The van der Waals surface area contributed by atoms with Crippen LogP contribution in [-0.2, 0) is 0 Å². The van der Waals surface area contributed by atoms with Crippen LogP contribution in [0, 0.1) is 5.92 Å². The number of alkyl halides is 2. The molecular weight excluding hydrogens is 300 g/mol. The van der Waals surface area contributed by atoms with E-state index < -0.39 is 5.92 Å². The van der Waals surface area contributed by atoms with Gasteiger partial charge in [0.05, 0.1) is 12.1 Å². The highest BCUT2D eigenvalue weighted by molar-refractivity contribution is 6.32. The van der Waals surface area contributed by atoms with Gasteiger partial charge < -0.3 is 15.8 Å². The number of anilines is 1. The number of halogens is 3. The quantitative estimate of drug-likeness (QED) is 0.660. The summed E-state index contributed by atoms with van der Waals surface area (Å²) >= 11 is 6.00. The number of nitrogens with two attached hydrogens (primary N) is 1. The Kier molecular flexibility index (Phi) is 4.88. The van der Waals surface area contributed by atoms with Crippen LogP contribution in [0.2, 0.25) is 5.02 Å². The molecule has 7 heteroatoms. The number of ether oxygens (including phenoxy) is 1. The monoisotopic (exact) mass is 317 g/mol. The van der Waals surface area contributed by atoms with Crippen molar-refractivity contribution < 1.29 is 13.5 Å². The summed E-state index contributed by atoms with van der Waals surface area (Å²) in [7, 11) is 1.53. The molecule has 1 atom stereocenters. The molecule has 1 fully saturated rings. The van der Waals surface area contributed by atoms with Crippen molar-refractivity contribution in [3.8, 4) is 5.75 Å². The van der Waals surface area contributed by atoms with Crippen molar-refractivity contribution in [2.45, 2.75) is 25.2 Å². The smallest absolute Gasteiger partial charge is 0.248 e. The second-order valence-electron chi connectivity index (χ2n) is 5.17. The van der Waals surface area contributed by atoms with Gasteiger partial charge in [0.1, 0.15) is 5.75 Å². The van der Waals surface area contributed by atoms with E-state index in [0.717, 1.165) is 0 Å². The second kappa shape index (κ2) is 6.47. The first-order chi connectivity index (χ1) is 9.89. The fraction of sp³-hybridized carbons (Fsp3) is 0.500. The van der Waals surface area contributed by atoms with E-state index in [2.05, 4.69) is 10.3 Å². The number of methoxy groups -OCH3 is 1. The van der Waals surface area contributed by atoms with Crippen LogP contribution in [0.1, 0.15) is 19.3 Å². The summed E-state index contributed by atoms with van der Waals surface area (Å²) in [6.45, 7) is 0.304. The predicted octanol–water partition coefficient (Wildman–Crippen LogP) is 3.51. The Morgan fingerprint density at radius 3 is 2.90 bits per heavy atom. The van der Waals surface area contributed by atoms with Crippen molar-refractivity contribution in [2.75, 3.05) is 19.0 Å². The third-order valence-electron chi connectivity index (χ3n) is 3.45. The van der Waals surface area contributed by atoms with Crippen molar-refractivity contribution in [1.82, 2.24) is 0 Å². The standard InChI is InChI=1S/C14H18ClF2N3O/c1-21-12-3-2-10(6-11(12)15)20-13(18)19-8-9-4-5-14(16,17)7-9/h2-3,6,9H,4-5,7-8H2,1H3,(H3,18,19,20). The van der Waals surface area contributed by atoms with E-state index in [9.17, 15) is 8.78 Å². The van der Waals surface area contributed by atoms with Gasteiger partial charge in [0.2, 0.25) is 5.92 Å². The molecule has 0 amide bonds. The van der Waals surface area contributed by atoms with Gasteiger partial charge in [0, 0.05) is 25.1 Å². The minimum absolute atomic E-state index is 0.0609. The maximum atomic E-state index is 13.1. The lowest BCUT2D eigenvalue weighted by Gasteiger charge is -2.10. The van der Waals surface area contributed by atoms with Crippen LogP contribution in [0.3, 0.4) is 0 Å². The van der Waals surface area contributed by atoms with Crippen molar-refractivity contribution in [2.24, 2.45) is 16.6 Å². The van der Waals surface area contributed by atoms with Crippen molar-refractivity contribution in [3.05, 3.63) is 23.2 Å². The van der Waals surface area contributed by atoms with Crippen LogP contribution < -0.4 is 15.8 Å². The average molecular weight is 318 g/mol. The topological polar surface area (TPSA) is 59.6 Å². The zero-order chi connectivity index (χ0) is 15.5. The molecule has 3 N–H and O–H groups in total. The highest BCUT2D eigenvalue weighted by Gasteiger charge is 2.39. The van der Waals surface area contributed by atoms with Gasteiger partial charge >= 0.3 is 0 Å². The third kappa shape index (κ3) is 4.46. The van der Waals surface area contributed by atoms with Gasteiger partial charge in [-0.1, -0.05) is 11.6 Å². The molecule has 1 aliphatic rings. The van der Waals surface area contributed by atoms with E-state index in [0.29, 0.717) is 29.4 Å². The minimum atomic E-state index is -2.55. The zero-order valence-corrected chi connectivity index (χ0v) is 12.5. The molecule has 0 saturated heterocycles. The molecule has 0 heterocycles. The van der Waals surface area contributed by atoms with Crippen LogP contribution in [0.5, 0.6) is 5.75 Å². The second-order valence-corrected chi connectivity index (χ2v) is 5.57. The molecule has 1 aliphatic carbocycles. The van der Waals surface area contributed by atoms with Gasteiger partial charge in [-0.15, -0.1) is 0 Å². The fourth-order valence-electron chi connectivity index (χ4n) is 2.36. The minimum Gasteiger partial charge on any atom is -0.495 e. The normalized spacial score (nSPS) is 21.3. The van der Waals surface area contributed by atoms with Crippen molar-refractivity contribution in [1.29, 1.82) is 0 Å². The van der Waals surface area contributed by atoms with E-state index in [1.54, 1.807) is 18.2 Å². The first kappa shape index (κ1) is 15.8. The maximum absolute atomic E-state index is 13.1. The average Bonchev–Trinajstić information content (AvgIpc) is 2.76. The van der Waals surface area contributed by atoms with Crippen LogP contribution >= 0.6 is 11.6 Å². The Labute approximate surface area is 127 Å². The summed E-state index contributed by atoms with van der Waals surface area (Å²) in [5, 5.41) is 3.33. The first-order valence-electron chi connectivity index (χ1n) is 6.68. The van der Waals surface area contributed by atoms with Crippen molar-refractivity contribution in [3.63, 3.8) is 0 Å². The molecule has 1 saturated carbocycles. The molecule has 0 aromatic heterocycles. The van der Waals surface area contributed by atoms with Gasteiger partial charge in [-0.3, -0.25) is 4.99 Å². The third-order valence-corrected chi connectivity index (χ3v) is 3.75. The predicted molar refractivity (Wildman–Crippen MR) is 80.4 cm³/mol. The van der Waals surface area contributed by atoms with E-state index >= 15 is 0 Å². The first-order valence-corrected chi connectivity index (χ1v) is 7.06. The van der Waals surface area contributed by atoms with Crippen LogP contribution in [0.25, 0.3) is 0 Å². The summed E-state index contributed by atoms with van der Waals surface area (Å²) in [4.78, 5) is 4.11. The molecular formula is C14H18ClF2N3O. The van der Waals surface area contributed by atoms with Gasteiger partial charge in [-0.05, 0) is 30.5 Å². The molecule has 1 aromatic carbocycles. The zero-order valence-electron chi connectivity index (χ0n) is 11.7. The van der Waals surface area contributed by atoms with E-state index in [1.165, 1.54) is 7.11 Å². The summed E-state index contributed by atoms with van der Waals surface area (Å²) < 4.78 is 31.2. The number of hydrogen-bond donors (Lipinski definition) is 2. The maximum Gasteiger partial charge on any atom is 0.248 e. The number of nitrogens with zero attached hydrogens (tertiary/aromatic N) is 1. The molecule has 21 heavy (non-hydrogen) atoms. The molecule has 1 unspecified atom stereocenters. The molecule has 116 valence electrons. The Morgan fingerprint density at radius 2 is 2.33 bits per heavy atom. The highest BCUT2D eigenvalue weighted by Crippen LogP contribution is 2.38. The molecule has 2 rings (SSSR count). The summed E-state index contributed by atoms with van der Waals surface area (Å²) in [6.07, 6.45) is 0.310. The Hall–Kier alpha value is -1.56. The lowest BCUT2D eigenvalue weighted by atomic mass is 10.1. The molecule has 0 radical (unpaired) electrons. The summed E-state index contributed by atoms with van der Waals surface area (Å²) in [6, 6.07) is 5.11. The highest BCUT2D eigenvalue weighted by atomic mass is 35.5. The van der Waals surface area contributed by atoms with Gasteiger partial charge in [-0.25, -0.2) is 8.78 Å². The Balaban J connectivity index is 1.90. The molecule has 0 bridgehead atoms. The van der Waals surface area contributed by atoms with Gasteiger partial charge in [0.25, 0.3) is 0 Å². The lowest BCUT2D eigenvalue weighted by Crippen LogP contribution is -2.23. The largest absolute Gasteiger partial charge is 0.495 e. The molecule has 4 nitrogen and oxygen atoms in total. The fourth-order valence-corrected chi connectivity index (χ4v) is 2.61. The van der Waals surface area contributed by atoms with Crippen molar-refractivity contribution >= 4 is 23.2 Å². The summed E-state index contributed by atoms with van der Waals surface area (Å²) in [5.74, 6) is -1.91. The van der Waals surface area contributed by atoms with E-state index in [-0.39, 0.29) is 24.7 Å². The Bertz CT molecular complexity index is 537. The van der Waals surface area contributed by atoms with E-state index in [4.69, 9.17) is 22.1 Å². The van der Waals surface area contributed by atoms with E-state index in [1.807, 2.05) is 0 Å². The number of nitrogens with one attached hydrogen (secondary N) is 1. The number of aliphatic imine (C=N–C) groups is 1. The molecule has 0 aliphatic heterocycles. The number of benzene rings is 1. The van der Waals surface area contributed by atoms with Crippen LogP contribution in [0.15, 0.2) is 23.2 Å². The lowest BCUT2D eigenvalue weighted by molar-refractivity contribution is 0.00542. The number of rotatable bonds is 4. The van der Waals surface area contributed by atoms with Gasteiger partial charge in [-0.2, -0.15) is 0 Å². The molecule has 1 aromatic rings. The SMILES string of the molecule is COc1ccc(NC(N)=NCC2CCC(F)(F)C2)cc1Cl. The molecule has 0 spiro atoms. The Morgan fingerprint density at radius 1 is 1.57 bits per heavy atom. The van der Waals surface area contributed by atoms with Crippen LogP contribution in [-0.4, -0.2) is 25.5 Å².